The van der Waals surface area contributed by atoms with Crippen molar-refractivity contribution in [2.75, 3.05) is 26.7 Å². The SMILES string of the molecule is CCN1CCC(N(C)S(=O)(=O)c2cc(C)c(CN)s2)CC1. The topological polar surface area (TPSA) is 66.6 Å². The van der Waals surface area contributed by atoms with E-state index in [-0.39, 0.29) is 6.04 Å². The minimum absolute atomic E-state index is 0.0986. The molecule has 1 fully saturated rings. The second-order valence-corrected chi connectivity index (χ2v) is 8.92. The molecule has 120 valence electrons. The average molecular weight is 332 g/mol. The number of thiophene rings is 1. The molecule has 0 unspecified atom stereocenters. The fraction of sp³-hybridized carbons (Fsp3) is 0.714. The lowest BCUT2D eigenvalue weighted by Gasteiger charge is -2.35. The maximum Gasteiger partial charge on any atom is 0.252 e. The fourth-order valence-corrected chi connectivity index (χ4v) is 5.83. The first-order valence-electron chi connectivity index (χ1n) is 7.40. The lowest BCUT2D eigenvalue weighted by Crippen LogP contribution is -2.45. The highest BCUT2D eigenvalue weighted by atomic mass is 32.2. The predicted molar refractivity (Wildman–Crippen MR) is 87.0 cm³/mol. The summed E-state index contributed by atoms with van der Waals surface area (Å²) in [5.41, 5.74) is 6.62. The summed E-state index contributed by atoms with van der Waals surface area (Å²) >= 11 is 1.30. The van der Waals surface area contributed by atoms with Gasteiger partial charge >= 0.3 is 0 Å². The minimum atomic E-state index is -3.40. The van der Waals surface area contributed by atoms with Gasteiger partial charge in [0, 0.05) is 24.5 Å². The quantitative estimate of drug-likeness (QED) is 0.890. The maximum atomic E-state index is 12.7. The summed E-state index contributed by atoms with van der Waals surface area (Å²) in [4.78, 5) is 3.31. The Bertz CT molecular complexity index is 575. The van der Waals surface area contributed by atoms with Crippen LogP contribution in [0.5, 0.6) is 0 Å². The van der Waals surface area contributed by atoms with Gasteiger partial charge in [-0.05, 0) is 51.0 Å². The predicted octanol–water partition coefficient (Wildman–Crippen LogP) is 1.62. The largest absolute Gasteiger partial charge is 0.326 e. The van der Waals surface area contributed by atoms with E-state index >= 15 is 0 Å². The molecule has 7 heteroatoms. The first-order chi connectivity index (χ1) is 9.90. The van der Waals surface area contributed by atoms with Gasteiger partial charge in [-0.15, -0.1) is 11.3 Å². The smallest absolute Gasteiger partial charge is 0.252 e. The molecule has 5 nitrogen and oxygen atoms in total. The number of nitrogens with zero attached hydrogens (tertiary/aromatic N) is 2. The van der Waals surface area contributed by atoms with Gasteiger partial charge in [0.25, 0.3) is 10.0 Å². The number of piperidine rings is 1. The summed E-state index contributed by atoms with van der Waals surface area (Å²) in [6.07, 6.45) is 1.80. The molecule has 1 aliphatic heterocycles. The van der Waals surface area contributed by atoms with Crippen LogP contribution in [0.1, 0.15) is 30.2 Å². The van der Waals surface area contributed by atoms with Crippen molar-refractivity contribution in [2.24, 2.45) is 5.73 Å². The Morgan fingerprint density at radius 1 is 1.43 bits per heavy atom. The van der Waals surface area contributed by atoms with Gasteiger partial charge in [-0.1, -0.05) is 6.92 Å². The highest BCUT2D eigenvalue weighted by Gasteiger charge is 2.31. The van der Waals surface area contributed by atoms with Crippen molar-refractivity contribution in [1.29, 1.82) is 0 Å². The molecule has 0 atom stereocenters. The van der Waals surface area contributed by atoms with Crippen LogP contribution in [0.15, 0.2) is 10.3 Å². The second-order valence-electron chi connectivity index (χ2n) is 5.56. The molecule has 0 spiro atoms. The van der Waals surface area contributed by atoms with Crippen molar-refractivity contribution in [3.63, 3.8) is 0 Å². The highest BCUT2D eigenvalue weighted by Crippen LogP contribution is 2.30. The number of likely N-dealkylation sites (tertiary alicyclic amines) is 1. The third-order valence-electron chi connectivity index (χ3n) is 4.34. The zero-order chi connectivity index (χ0) is 15.6. The van der Waals surface area contributed by atoms with Crippen molar-refractivity contribution in [3.8, 4) is 0 Å². The molecule has 21 heavy (non-hydrogen) atoms. The van der Waals surface area contributed by atoms with Gasteiger partial charge in [-0.2, -0.15) is 4.31 Å². The van der Waals surface area contributed by atoms with E-state index in [0.29, 0.717) is 10.8 Å². The molecule has 0 bridgehead atoms. The summed E-state index contributed by atoms with van der Waals surface area (Å²) in [5, 5.41) is 0. The normalized spacial score (nSPS) is 18.5. The Morgan fingerprint density at radius 2 is 2.05 bits per heavy atom. The number of nitrogens with two attached hydrogens (primary N) is 1. The van der Waals surface area contributed by atoms with Crippen LogP contribution in [0.2, 0.25) is 0 Å². The van der Waals surface area contributed by atoms with E-state index in [0.717, 1.165) is 42.9 Å². The average Bonchev–Trinajstić information content (AvgIpc) is 2.88. The third-order valence-corrected chi connectivity index (χ3v) is 7.95. The Labute approximate surface area is 131 Å². The Kier molecular flexibility index (Phi) is 5.43. The summed E-state index contributed by atoms with van der Waals surface area (Å²) in [5.74, 6) is 0. The first kappa shape index (κ1) is 16.9. The van der Waals surface area contributed by atoms with Crippen LogP contribution in [-0.2, 0) is 16.6 Å². The van der Waals surface area contributed by atoms with Crippen molar-refractivity contribution in [2.45, 2.75) is 43.5 Å². The Morgan fingerprint density at radius 3 is 2.52 bits per heavy atom. The Balaban J connectivity index is 2.15. The van der Waals surface area contributed by atoms with Gasteiger partial charge in [-0.3, -0.25) is 0 Å². The third kappa shape index (κ3) is 3.48. The van der Waals surface area contributed by atoms with E-state index < -0.39 is 10.0 Å². The van der Waals surface area contributed by atoms with Gasteiger partial charge in [0.05, 0.1) is 0 Å². The van der Waals surface area contributed by atoms with E-state index in [2.05, 4.69) is 11.8 Å². The van der Waals surface area contributed by atoms with Gasteiger partial charge in [-0.25, -0.2) is 8.42 Å². The fourth-order valence-electron chi connectivity index (χ4n) is 2.76. The summed E-state index contributed by atoms with van der Waals surface area (Å²) < 4.78 is 27.5. The maximum absolute atomic E-state index is 12.7. The number of rotatable bonds is 5. The van der Waals surface area contributed by atoms with Gasteiger partial charge < -0.3 is 10.6 Å². The molecular formula is C14H25N3O2S2. The van der Waals surface area contributed by atoms with Gasteiger partial charge in [0.2, 0.25) is 0 Å². The van der Waals surface area contributed by atoms with E-state index in [1.165, 1.54) is 11.3 Å². The van der Waals surface area contributed by atoms with Crippen molar-refractivity contribution >= 4 is 21.4 Å². The van der Waals surface area contributed by atoms with E-state index in [9.17, 15) is 8.42 Å². The molecule has 0 aromatic carbocycles. The summed E-state index contributed by atoms with van der Waals surface area (Å²) in [6, 6.07) is 1.85. The number of hydrogen-bond donors (Lipinski definition) is 1. The standard InChI is InChI=1S/C14H25N3O2S2/c1-4-17-7-5-12(6-8-17)16(3)21(18,19)14-9-11(2)13(10-15)20-14/h9,12H,4-8,10,15H2,1-3H3. The molecular weight excluding hydrogens is 306 g/mol. The molecule has 0 radical (unpaired) electrons. The molecule has 2 rings (SSSR count). The number of hydrogen-bond acceptors (Lipinski definition) is 5. The molecule has 1 aliphatic rings. The van der Waals surface area contributed by atoms with Crippen molar-refractivity contribution in [3.05, 3.63) is 16.5 Å². The molecule has 2 heterocycles. The van der Waals surface area contributed by atoms with E-state index in [1.807, 2.05) is 6.92 Å². The summed E-state index contributed by atoms with van der Waals surface area (Å²) in [7, 11) is -1.69. The molecule has 0 saturated carbocycles. The lowest BCUT2D eigenvalue weighted by atomic mass is 10.1. The summed E-state index contributed by atoms with van der Waals surface area (Å²) in [6.45, 7) is 7.43. The van der Waals surface area contributed by atoms with Crippen molar-refractivity contribution in [1.82, 2.24) is 9.21 Å². The van der Waals surface area contributed by atoms with Gasteiger partial charge in [0.15, 0.2) is 0 Å². The second kappa shape index (κ2) is 6.75. The molecule has 0 aliphatic carbocycles. The van der Waals surface area contributed by atoms with E-state index in [4.69, 9.17) is 5.73 Å². The molecule has 2 N–H and O–H groups in total. The highest BCUT2D eigenvalue weighted by molar-refractivity contribution is 7.91. The molecule has 1 aromatic rings. The monoisotopic (exact) mass is 331 g/mol. The van der Waals surface area contributed by atoms with Crippen LogP contribution in [0.25, 0.3) is 0 Å². The zero-order valence-electron chi connectivity index (χ0n) is 13.0. The lowest BCUT2D eigenvalue weighted by molar-refractivity contribution is 0.176. The first-order valence-corrected chi connectivity index (χ1v) is 9.65. The van der Waals surface area contributed by atoms with E-state index in [1.54, 1.807) is 17.4 Å². The molecule has 1 aromatic heterocycles. The number of sulfonamides is 1. The van der Waals surface area contributed by atoms with Gasteiger partial charge in [0.1, 0.15) is 4.21 Å². The van der Waals surface area contributed by atoms with Crippen LogP contribution in [-0.4, -0.2) is 50.3 Å². The Hall–Kier alpha value is -0.470. The zero-order valence-corrected chi connectivity index (χ0v) is 14.6. The number of aryl methyl sites for hydroxylation is 1. The molecule has 0 amide bonds. The minimum Gasteiger partial charge on any atom is -0.326 e. The van der Waals surface area contributed by atoms with Crippen LogP contribution < -0.4 is 5.73 Å². The molecule has 1 saturated heterocycles. The van der Waals surface area contributed by atoms with Crippen LogP contribution in [0.4, 0.5) is 0 Å². The van der Waals surface area contributed by atoms with Crippen LogP contribution in [0.3, 0.4) is 0 Å². The van der Waals surface area contributed by atoms with Crippen molar-refractivity contribution < 1.29 is 8.42 Å². The van der Waals surface area contributed by atoms with Crippen LogP contribution >= 0.6 is 11.3 Å². The van der Waals surface area contributed by atoms with Crippen LogP contribution in [0, 0.1) is 6.92 Å².